The Morgan fingerprint density at radius 1 is 1.50 bits per heavy atom. The van der Waals surface area contributed by atoms with E-state index in [1.807, 2.05) is 0 Å². The number of esters is 1. The Balaban J connectivity index is 2.48. The van der Waals surface area contributed by atoms with Crippen molar-refractivity contribution in [2.45, 2.75) is 6.42 Å². The Labute approximate surface area is 94.2 Å². The molecule has 0 unspecified atom stereocenters. The van der Waals surface area contributed by atoms with Gasteiger partial charge >= 0.3 is 13.1 Å². The zero-order chi connectivity index (χ0) is 12.0. The van der Waals surface area contributed by atoms with Crippen molar-refractivity contribution in [1.29, 1.82) is 0 Å². The second-order valence-corrected chi connectivity index (χ2v) is 3.25. The summed E-state index contributed by atoms with van der Waals surface area (Å²) in [5, 5.41) is 20.9. The van der Waals surface area contributed by atoms with Crippen molar-refractivity contribution in [3.05, 3.63) is 24.3 Å². The highest BCUT2D eigenvalue weighted by atomic mass is 16.5. The smallest absolute Gasteiger partial charge is 0.469 e. The summed E-state index contributed by atoms with van der Waals surface area (Å²) in [7, 11) is -0.146. The van der Waals surface area contributed by atoms with Gasteiger partial charge in [0.25, 0.3) is 0 Å². The number of hydrogen-bond donors (Lipinski definition) is 3. The van der Waals surface area contributed by atoms with Crippen molar-refractivity contribution in [3.63, 3.8) is 0 Å². The Morgan fingerprint density at radius 3 is 2.88 bits per heavy atom. The fourth-order valence-electron chi connectivity index (χ4n) is 1.22. The van der Waals surface area contributed by atoms with Crippen molar-refractivity contribution in [2.24, 2.45) is 0 Å². The first-order valence-electron chi connectivity index (χ1n) is 4.90. The lowest BCUT2D eigenvalue weighted by Crippen LogP contribution is -2.29. The van der Waals surface area contributed by atoms with Crippen LogP contribution in [-0.2, 0) is 9.53 Å². The van der Waals surface area contributed by atoms with Crippen LogP contribution >= 0.6 is 0 Å². The zero-order valence-corrected chi connectivity index (χ0v) is 9.01. The molecule has 0 amide bonds. The van der Waals surface area contributed by atoms with Gasteiger partial charge in [-0.1, -0.05) is 12.1 Å². The van der Waals surface area contributed by atoms with Crippen LogP contribution in [0.3, 0.4) is 0 Å². The minimum absolute atomic E-state index is 0.266. The second-order valence-electron chi connectivity index (χ2n) is 3.25. The van der Waals surface area contributed by atoms with Gasteiger partial charge in [-0.25, -0.2) is 0 Å². The van der Waals surface area contributed by atoms with E-state index in [1.54, 1.807) is 24.3 Å². The number of hydrogen-bond acceptors (Lipinski definition) is 5. The summed E-state index contributed by atoms with van der Waals surface area (Å²) in [4.78, 5) is 10.8. The largest absolute Gasteiger partial charge is 0.488 e. The van der Waals surface area contributed by atoms with E-state index in [2.05, 4.69) is 10.1 Å². The first-order valence-corrected chi connectivity index (χ1v) is 4.90. The van der Waals surface area contributed by atoms with Gasteiger partial charge in [0.1, 0.15) is 0 Å². The molecule has 1 aromatic rings. The summed E-state index contributed by atoms with van der Waals surface area (Å²) in [5.41, 5.74) is 1.14. The predicted molar refractivity (Wildman–Crippen MR) is 61.4 cm³/mol. The van der Waals surface area contributed by atoms with Gasteiger partial charge in [-0.15, -0.1) is 0 Å². The van der Waals surface area contributed by atoms with Crippen molar-refractivity contribution in [1.82, 2.24) is 0 Å². The average molecular weight is 223 g/mol. The lowest BCUT2D eigenvalue weighted by molar-refractivity contribution is -0.140. The molecule has 0 atom stereocenters. The molecule has 0 spiro atoms. The van der Waals surface area contributed by atoms with Crippen molar-refractivity contribution in [2.75, 3.05) is 19.0 Å². The predicted octanol–water partition coefficient (Wildman–Crippen LogP) is -0.659. The molecule has 16 heavy (non-hydrogen) atoms. The molecular weight excluding hydrogens is 209 g/mol. The van der Waals surface area contributed by atoms with Crippen molar-refractivity contribution < 1.29 is 19.6 Å². The molecule has 0 heterocycles. The summed E-state index contributed by atoms with van der Waals surface area (Å²) in [6.45, 7) is 0.442. The van der Waals surface area contributed by atoms with E-state index in [0.717, 1.165) is 5.69 Å². The van der Waals surface area contributed by atoms with E-state index in [9.17, 15) is 4.79 Å². The van der Waals surface area contributed by atoms with E-state index in [-0.39, 0.29) is 12.4 Å². The normalized spacial score (nSPS) is 9.69. The van der Waals surface area contributed by atoms with E-state index in [1.165, 1.54) is 7.11 Å². The number of carbonyl (C=O) groups excluding carboxylic acids is 1. The molecule has 0 radical (unpaired) electrons. The number of anilines is 1. The minimum atomic E-state index is -1.48. The maximum atomic E-state index is 10.8. The van der Waals surface area contributed by atoms with Gasteiger partial charge in [0.15, 0.2) is 0 Å². The highest BCUT2D eigenvalue weighted by Crippen LogP contribution is 2.04. The molecule has 0 saturated carbocycles. The van der Waals surface area contributed by atoms with E-state index >= 15 is 0 Å². The number of rotatable bonds is 5. The quantitative estimate of drug-likeness (QED) is 0.456. The molecule has 5 nitrogen and oxygen atoms in total. The highest BCUT2D eigenvalue weighted by Gasteiger charge is 2.10. The number of carbonyl (C=O) groups is 1. The van der Waals surface area contributed by atoms with Crippen LogP contribution in [0.1, 0.15) is 6.42 Å². The zero-order valence-electron chi connectivity index (χ0n) is 9.01. The third kappa shape index (κ3) is 3.92. The monoisotopic (exact) mass is 223 g/mol. The summed E-state index contributed by atoms with van der Waals surface area (Å²) < 4.78 is 4.49. The Kier molecular flexibility index (Phi) is 4.82. The molecule has 0 aliphatic heterocycles. The first-order chi connectivity index (χ1) is 7.63. The second kappa shape index (κ2) is 6.14. The van der Waals surface area contributed by atoms with E-state index in [4.69, 9.17) is 10.0 Å². The molecule has 0 aromatic heterocycles. The van der Waals surface area contributed by atoms with Gasteiger partial charge < -0.3 is 20.1 Å². The minimum Gasteiger partial charge on any atom is -0.469 e. The van der Waals surface area contributed by atoms with Gasteiger partial charge in [-0.05, 0) is 17.6 Å². The molecule has 3 N–H and O–H groups in total. The van der Waals surface area contributed by atoms with Crippen molar-refractivity contribution >= 4 is 24.2 Å². The van der Waals surface area contributed by atoms with E-state index in [0.29, 0.717) is 12.0 Å². The van der Waals surface area contributed by atoms with Crippen LogP contribution in [-0.4, -0.2) is 36.8 Å². The third-order valence-electron chi connectivity index (χ3n) is 2.07. The Bertz CT molecular complexity index is 356. The molecule has 6 heteroatoms. The maximum absolute atomic E-state index is 10.8. The fraction of sp³-hybridized carbons (Fsp3) is 0.300. The SMILES string of the molecule is COC(=O)CCNc1cccc(B(O)O)c1. The van der Waals surface area contributed by atoms with Gasteiger partial charge in [0.05, 0.1) is 13.5 Å². The average Bonchev–Trinajstić information content (AvgIpc) is 2.29. The van der Waals surface area contributed by atoms with Gasteiger partial charge in [0, 0.05) is 12.2 Å². The molecule has 0 saturated heterocycles. The number of benzene rings is 1. The van der Waals surface area contributed by atoms with Crippen LogP contribution in [0.25, 0.3) is 0 Å². The number of methoxy groups -OCH3 is 1. The van der Waals surface area contributed by atoms with Gasteiger partial charge in [-0.2, -0.15) is 0 Å². The molecule has 0 fully saturated rings. The van der Waals surface area contributed by atoms with Gasteiger partial charge in [-0.3, -0.25) is 4.79 Å². The molecule has 1 aromatic carbocycles. The van der Waals surface area contributed by atoms with Gasteiger partial charge in [0.2, 0.25) is 0 Å². The summed E-state index contributed by atoms with van der Waals surface area (Å²) >= 11 is 0. The fourth-order valence-corrected chi connectivity index (χ4v) is 1.22. The molecule has 0 bridgehead atoms. The molecule has 0 aliphatic rings. The Hall–Kier alpha value is -1.53. The third-order valence-corrected chi connectivity index (χ3v) is 2.07. The molecule has 1 rings (SSSR count). The Morgan fingerprint density at radius 2 is 2.25 bits per heavy atom. The summed E-state index contributed by atoms with van der Waals surface area (Å²) in [6, 6.07) is 6.70. The lowest BCUT2D eigenvalue weighted by atomic mass is 9.80. The summed E-state index contributed by atoms with van der Waals surface area (Å²) in [5.74, 6) is -0.286. The maximum Gasteiger partial charge on any atom is 0.488 e. The van der Waals surface area contributed by atoms with Crippen LogP contribution in [0.4, 0.5) is 5.69 Å². The van der Waals surface area contributed by atoms with Crippen LogP contribution < -0.4 is 10.8 Å². The topological polar surface area (TPSA) is 78.8 Å². The van der Waals surface area contributed by atoms with Crippen LogP contribution in [0.2, 0.25) is 0 Å². The lowest BCUT2D eigenvalue weighted by Gasteiger charge is -2.07. The molecular formula is C10H14BNO4. The van der Waals surface area contributed by atoms with Crippen molar-refractivity contribution in [3.8, 4) is 0 Å². The molecule has 0 aliphatic carbocycles. The summed E-state index contributed by atoms with van der Waals surface area (Å²) in [6.07, 6.45) is 0.266. The first kappa shape index (κ1) is 12.5. The number of nitrogens with one attached hydrogen (secondary N) is 1. The molecule has 86 valence electrons. The highest BCUT2D eigenvalue weighted by molar-refractivity contribution is 6.58. The van der Waals surface area contributed by atoms with E-state index < -0.39 is 7.12 Å². The van der Waals surface area contributed by atoms with Crippen LogP contribution in [0.5, 0.6) is 0 Å². The van der Waals surface area contributed by atoms with Crippen LogP contribution in [0, 0.1) is 0 Å². The van der Waals surface area contributed by atoms with Crippen LogP contribution in [0.15, 0.2) is 24.3 Å². The number of ether oxygens (including phenoxy) is 1. The standard InChI is InChI=1S/C10H14BNO4/c1-16-10(13)5-6-12-9-4-2-3-8(7-9)11(14)15/h2-4,7,12,14-15H,5-6H2,1H3.